The zero-order valence-corrected chi connectivity index (χ0v) is 15.5. The van der Waals surface area contributed by atoms with Crippen molar-refractivity contribution in [3.05, 3.63) is 66.4 Å². The summed E-state index contributed by atoms with van der Waals surface area (Å²) in [6.45, 7) is 1.64. The first-order valence-corrected chi connectivity index (χ1v) is 9.65. The van der Waals surface area contributed by atoms with Gasteiger partial charge in [0.1, 0.15) is 5.54 Å². The first-order valence-electron chi connectivity index (χ1n) is 9.65. The molecule has 1 aromatic heterocycles. The van der Waals surface area contributed by atoms with Gasteiger partial charge in [0.15, 0.2) is 0 Å². The largest absolute Gasteiger partial charge is 0.360 e. The van der Waals surface area contributed by atoms with Crippen molar-refractivity contribution in [2.75, 3.05) is 24.7 Å². The van der Waals surface area contributed by atoms with Crippen LogP contribution in [0.1, 0.15) is 23.2 Å². The Labute approximate surface area is 163 Å². The minimum atomic E-state index is -0.571. The van der Waals surface area contributed by atoms with Crippen LogP contribution in [-0.2, 0) is 4.79 Å². The van der Waals surface area contributed by atoms with E-state index in [1.807, 2.05) is 59.5 Å². The summed E-state index contributed by atoms with van der Waals surface area (Å²) < 4.78 is 0. The zero-order valence-electron chi connectivity index (χ0n) is 15.5. The molecule has 28 heavy (non-hydrogen) atoms. The van der Waals surface area contributed by atoms with Crippen molar-refractivity contribution < 1.29 is 9.59 Å². The Bertz CT molecular complexity index is 1030. The Morgan fingerprint density at radius 3 is 2.46 bits per heavy atom. The molecule has 0 bridgehead atoms. The van der Waals surface area contributed by atoms with Crippen LogP contribution in [0.5, 0.6) is 0 Å². The molecule has 2 amide bonds. The SMILES string of the molecule is O=C(c1c[nH]c2ccccc12)N1CCC2(CC1)C(=O)NCN2c1ccccc1. The van der Waals surface area contributed by atoms with Crippen molar-refractivity contribution in [2.45, 2.75) is 18.4 Å². The number of carbonyl (C=O) groups excluding carboxylic acids is 2. The molecular formula is C22H22N4O2. The van der Waals surface area contributed by atoms with Crippen molar-refractivity contribution in [3.8, 4) is 0 Å². The second-order valence-corrected chi connectivity index (χ2v) is 7.50. The number of aromatic nitrogens is 1. The predicted molar refractivity (Wildman–Crippen MR) is 108 cm³/mol. The summed E-state index contributed by atoms with van der Waals surface area (Å²) in [6, 6.07) is 17.8. The fraction of sp³-hybridized carbons (Fsp3) is 0.273. The highest BCUT2D eigenvalue weighted by atomic mass is 16.2. The minimum absolute atomic E-state index is 0.0250. The third-order valence-electron chi connectivity index (χ3n) is 6.10. The molecule has 1 spiro atoms. The zero-order chi connectivity index (χ0) is 19.1. The van der Waals surface area contributed by atoms with Crippen molar-refractivity contribution in [1.82, 2.24) is 15.2 Å². The second-order valence-electron chi connectivity index (χ2n) is 7.50. The lowest BCUT2D eigenvalue weighted by Crippen LogP contribution is -2.57. The molecule has 142 valence electrons. The first kappa shape index (κ1) is 16.9. The molecule has 0 aliphatic carbocycles. The maximum Gasteiger partial charge on any atom is 0.256 e. The summed E-state index contributed by atoms with van der Waals surface area (Å²) in [6.07, 6.45) is 3.04. The number of fused-ring (bicyclic) bond motifs is 1. The molecule has 0 unspecified atom stereocenters. The maximum atomic E-state index is 13.1. The van der Waals surface area contributed by atoms with Gasteiger partial charge >= 0.3 is 0 Å². The highest BCUT2D eigenvalue weighted by Gasteiger charge is 2.50. The van der Waals surface area contributed by atoms with Crippen LogP contribution in [0.4, 0.5) is 5.69 Å². The number of piperidine rings is 1. The Hall–Kier alpha value is -3.28. The van der Waals surface area contributed by atoms with E-state index in [9.17, 15) is 9.59 Å². The number of benzene rings is 2. The third kappa shape index (κ3) is 2.48. The lowest BCUT2D eigenvalue weighted by Gasteiger charge is -2.43. The summed E-state index contributed by atoms with van der Waals surface area (Å²) in [7, 11) is 0. The van der Waals surface area contributed by atoms with Gasteiger partial charge in [0.2, 0.25) is 5.91 Å². The van der Waals surface area contributed by atoms with E-state index in [1.165, 1.54) is 0 Å². The number of rotatable bonds is 2. The minimum Gasteiger partial charge on any atom is -0.360 e. The van der Waals surface area contributed by atoms with Gasteiger partial charge in [-0.3, -0.25) is 9.59 Å². The molecule has 3 heterocycles. The Balaban J connectivity index is 1.38. The molecule has 3 aromatic rings. The van der Waals surface area contributed by atoms with Gasteiger partial charge in [-0.15, -0.1) is 0 Å². The van der Waals surface area contributed by atoms with Gasteiger partial charge in [0.05, 0.1) is 12.2 Å². The molecule has 0 radical (unpaired) electrons. The molecule has 2 aliphatic rings. The quantitative estimate of drug-likeness (QED) is 0.725. The van der Waals surface area contributed by atoms with E-state index in [0.29, 0.717) is 38.2 Å². The third-order valence-corrected chi connectivity index (χ3v) is 6.10. The van der Waals surface area contributed by atoms with Crippen LogP contribution in [0.25, 0.3) is 10.9 Å². The highest BCUT2D eigenvalue weighted by molar-refractivity contribution is 6.07. The number of anilines is 1. The summed E-state index contributed by atoms with van der Waals surface area (Å²) in [4.78, 5) is 33.1. The van der Waals surface area contributed by atoms with Gasteiger partial charge in [-0.2, -0.15) is 0 Å². The maximum absolute atomic E-state index is 13.1. The van der Waals surface area contributed by atoms with Crippen molar-refractivity contribution in [3.63, 3.8) is 0 Å². The number of carbonyl (C=O) groups is 2. The van der Waals surface area contributed by atoms with Crippen LogP contribution < -0.4 is 10.2 Å². The van der Waals surface area contributed by atoms with Gasteiger partial charge in [-0.1, -0.05) is 36.4 Å². The van der Waals surface area contributed by atoms with Gasteiger partial charge < -0.3 is 20.1 Å². The van der Waals surface area contributed by atoms with Crippen LogP contribution in [0.3, 0.4) is 0 Å². The second kappa shape index (κ2) is 6.41. The lowest BCUT2D eigenvalue weighted by molar-refractivity contribution is -0.124. The van der Waals surface area contributed by atoms with Crippen molar-refractivity contribution >= 4 is 28.4 Å². The Morgan fingerprint density at radius 1 is 0.964 bits per heavy atom. The average molecular weight is 374 g/mol. The number of nitrogens with zero attached hydrogens (tertiary/aromatic N) is 2. The summed E-state index contributed by atoms with van der Waals surface area (Å²) in [5.41, 5.74) is 2.13. The molecule has 2 fully saturated rings. The number of hydrogen-bond donors (Lipinski definition) is 2. The molecule has 2 aromatic carbocycles. The highest BCUT2D eigenvalue weighted by Crippen LogP contribution is 2.36. The van der Waals surface area contributed by atoms with Crippen LogP contribution >= 0.6 is 0 Å². The fourth-order valence-electron chi connectivity index (χ4n) is 4.53. The van der Waals surface area contributed by atoms with E-state index in [0.717, 1.165) is 16.6 Å². The number of H-pyrrole nitrogens is 1. The predicted octanol–water partition coefficient (Wildman–Crippen LogP) is 2.74. The number of aromatic amines is 1. The van der Waals surface area contributed by atoms with E-state index in [1.54, 1.807) is 6.20 Å². The van der Waals surface area contributed by atoms with Crippen LogP contribution in [0.15, 0.2) is 60.8 Å². The first-order chi connectivity index (χ1) is 13.7. The van der Waals surface area contributed by atoms with Gasteiger partial charge in [-0.25, -0.2) is 0 Å². The Morgan fingerprint density at radius 2 is 1.68 bits per heavy atom. The average Bonchev–Trinajstić information content (AvgIpc) is 3.31. The number of para-hydroxylation sites is 2. The number of amides is 2. The molecule has 5 rings (SSSR count). The number of nitrogens with one attached hydrogen (secondary N) is 2. The van der Waals surface area contributed by atoms with Gasteiger partial charge in [-0.05, 0) is 31.0 Å². The van der Waals surface area contributed by atoms with E-state index >= 15 is 0 Å². The monoisotopic (exact) mass is 374 g/mol. The molecule has 0 atom stereocenters. The van der Waals surface area contributed by atoms with Crippen LogP contribution in [-0.4, -0.2) is 47.0 Å². The molecule has 2 saturated heterocycles. The Kier molecular flexibility index (Phi) is 3.86. The lowest BCUT2D eigenvalue weighted by atomic mass is 9.85. The summed E-state index contributed by atoms with van der Waals surface area (Å²) in [5, 5.41) is 3.94. The molecular weight excluding hydrogens is 352 g/mol. The molecule has 0 saturated carbocycles. The van der Waals surface area contributed by atoms with Crippen LogP contribution in [0.2, 0.25) is 0 Å². The van der Waals surface area contributed by atoms with E-state index in [4.69, 9.17) is 0 Å². The molecule has 6 heteroatoms. The summed E-state index contributed by atoms with van der Waals surface area (Å²) in [5.74, 6) is 0.0903. The normalized spacial score (nSPS) is 18.6. The molecule has 2 aliphatic heterocycles. The molecule has 6 nitrogen and oxygen atoms in total. The van der Waals surface area contributed by atoms with E-state index in [2.05, 4.69) is 15.2 Å². The van der Waals surface area contributed by atoms with Crippen molar-refractivity contribution in [2.24, 2.45) is 0 Å². The van der Waals surface area contributed by atoms with E-state index in [-0.39, 0.29) is 11.8 Å². The number of hydrogen-bond acceptors (Lipinski definition) is 3. The standard InChI is InChI=1S/C22H22N4O2/c27-20(18-14-23-19-9-5-4-8-17(18)19)25-12-10-22(11-13-25)21(28)24-15-26(22)16-6-2-1-3-7-16/h1-9,14,23H,10-13,15H2,(H,24,28). The van der Waals surface area contributed by atoms with Gasteiger partial charge in [0, 0.05) is 35.9 Å². The molecule has 2 N–H and O–H groups in total. The van der Waals surface area contributed by atoms with Gasteiger partial charge in [0.25, 0.3) is 5.91 Å². The van der Waals surface area contributed by atoms with Crippen molar-refractivity contribution in [1.29, 1.82) is 0 Å². The fourth-order valence-corrected chi connectivity index (χ4v) is 4.53. The summed E-state index contributed by atoms with van der Waals surface area (Å²) >= 11 is 0. The van der Waals surface area contributed by atoms with E-state index < -0.39 is 5.54 Å². The smallest absolute Gasteiger partial charge is 0.256 e. The van der Waals surface area contributed by atoms with Crippen LogP contribution in [0, 0.1) is 0 Å². The number of likely N-dealkylation sites (tertiary alicyclic amines) is 1. The topological polar surface area (TPSA) is 68.4 Å².